The summed E-state index contributed by atoms with van der Waals surface area (Å²) in [6.45, 7) is 0. The van der Waals surface area contributed by atoms with Gasteiger partial charge in [0.25, 0.3) is 0 Å². The third-order valence-electron chi connectivity index (χ3n) is 4.33. The smallest absolute Gasteiger partial charge is 0.166 e. The molecule has 5 rings (SSSR count). The summed E-state index contributed by atoms with van der Waals surface area (Å²) in [6.07, 6.45) is 19.1. The summed E-state index contributed by atoms with van der Waals surface area (Å²) >= 11 is 0. The van der Waals surface area contributed by atoms with Crippen molar-refractivity contribution in [3.8, 4) is 5.75 Å². The molecule has 20 heavy (non-hydrogen) atoms. The third-order valence-corrected chi connectivity index (χ3v) is 4.33. The van der Waals surface area contributed by atoms with Crippen molar-refractivity contribution in [2.24, 2.45) is 5.16 Å². The largest absolute Gasteiger partial charge is 0.356 e. The Hall–Kier alpha value is -2.61. The van der Waals surface area contributed by atoms with Gasteiger partial charge in [0.2, 0.25) is 0 Å². The molecular weight excluding hydrogens is 246 g/mol. The Morgan fingerprint density at radius 2 is 1.90 bits per heavy atom. The second-order valence-electron chi connectivity index (χ2n) is 5.34. The second-order valence-corrected chi connectivity index (χ2v) is 5.34. The zero-order valence-electron chi connectivity index (χ0n) is 10.7. The van der Waals surface area contributed by atoms with E-state index in [0.717, 1.165) is 11.0 Å². The van der Waals surface area contributed by atoms with Crippen molar-refractivity contribution in [3.05, 3.63) is 69.2 Å². The highest BCUT2D eigenvalue weighted by Gasteiger charge is 2.29. The minimum absolute atomic E-state index is 0.373. The topological polar surface area (TPSA) is 21.6 Å². The number of allylic oxidation sites excluding steroid dienone is 7. The van der Waals surface area contributed by atoms with Crippen LogP contribution in [0.15, 0.2) is 52.7 Å². The molecule has 0 aromatic heterocycles. The van der Waals surface area contributed by atoms with Crippen LogP contribution in [0.2, 0.25) is 0 Å². The molecule has 94 valence electrons. The summed E-state index contributed by atoms with van der Waals surface area (Å²) in [6, 6.07) is 2.10. The van der Waals surface area contributed by atoms with E-state index < -0.39 is 0 Å². The molecule has 1 heterocycles. The zero-order valence-corrected chi connectivity index (χ0v) is 10.7. The second kappa shape index (κ2) is 3.48. The van der Waals surface area contributed by atoms with Gasteiger partial charge in [-0.15, -0.1) is 0 Å². The summed E-state index contributed by atoms with van der Waals surface area (Å²) in [4.78, 5) is 5.42. The highest BCUT2D eigenvalue weighted by atomic mass is 16.6. The highest BCUT2D eigenvalue weighted by molar-refractivity contribution is 5.93. The molecule has 0 N–H and O–H groups in total. The Balaban J connectivity index is 1.98. The van der Waals surface area contributed by atoms with Gasteiger partial charge in [-0.25, -0.2) is 0 Å². The fourth-order valence-corrected chi connectivity index (χ4v) is 3.47. The van der Waals surface area contributed by atoms with Gasteiger partial charge in [0, 0.05) is 11.1 Å². The van der Waals surface area contributed by atoms with Crippen LogP contribution in [0.5, 0.6) is 5.75 Å². The standard InChI is InChI=1S/C18H11NO/c1-2-11-4-5-13-10-16-14(8-9-19-20-16)15-7-6-12(3-1)17(11)18(13)15/h1-10,17H. The Morgan fingerprint density at radius 1 is 0.950 bits per heavy atom. The monoisotopic (exact) mass is 257 g/mol. The Labute approximate surface area is 116 Å². The van der Waals surface area contributed by atoms with Gasteiger partial charge in [0.1, 0.15) is 0 Å². The first-order chi connectivity index (χ1) is 9.92. The number of fused-ring (bicyclic) bond motifs is 2. The van der Waals surface area contributed by atoms with Gasteiger partial charge in [0.15, 0.2) is 5.75 Å². The lowest BCUT2D eigenvalue weighted by molar-refractivity contribution is 0.339. The molecule has 0 saturated carbocycles. The normalized spacial score (nSPS) is 22.7. The predicted octanol–water partition coefficient (Wildman–Crippen LogP) is 2.17. The first-order valence-corrected chi connectivity index (χ1v) is 6.78. The van der Waals surface area contributed by atoms with E-state index in [2.05, 4.69) is 53.8 Å². The number of nitrogens with zero attached hydrogens (tertiary/aromatic N) is 1. The van der Waals surface area contributed by atoms with Crippen molar-refractivity contribution < 1.29 is 4.84 Å². The number of oxime groups is 1. The Bertz CT molecular complexity index is 923. The lowest BCUT2D eigenvalue weighted by Gasteiger charge is -2.31. The molecule has 0 fully saturated rings. The molecule has 2 heteroatoms. The van der Waals surface area contributed by atoms with Gasteiger partial charge in [-0.3, -0.25) is 0 Å². The summed E-state index contributed by atoms with van der Waals surface area (Å²) in [5.74, 6) is 1.22. The van der Waals surface area contributed by atoms with Crippen LogP contribution in [-0.4, -0.2) is 6.21 Å². The fourth-order valence-electron chi connectivity index (χ4n) is 3.47. The van der Waals surface area contributed by atoms with Gasteiger partial charge in [-0.1, -0.05) is 47.7 Å². The molecule has 0 saturated heterocycles. The van der Waals surface area contributed by atoms with Crippen molar-refractivity contribution in [2.75, 3.05) is 0 Å². The van der Waals surface area contributed by atoms with Crippen LogP contribution >= 0.6 is 0 Å². The van der Waals surface area contributed by atoms with Crippen LogP contribution in [0.1, 0.15) is 17.0 Å². The maximum atomic E-state index is 5.42. The van der Waals surface area contributed by atoms with Crippen molar-refractivity contribution in [1.29, 1.82) is 0 Å². The van der Waals surface area contributed by atoms with E-state index in [-0.39, 0.29) is 0 Å². The third kappa shape index (κ3) is 1.16. The zero-order chi connectivity index (χ0) is 13.1. The average Bonchev–Trinajstić information content (AvgIpc) is 2.52. The Morgan fingerprint density at radius 3 is 2.90 bits per heavy atom. The quantitative estimate of drug-likeness (QED) is 0.698. The van der Waals surface area contributed by atoms with Gasteiger partial charge in [-0.05, 0) is 39.6 Å². The van der Waals surface area contributed by atoms with Crippen molar-refractivity contribution in [2.45, 2.75) is 5.92 Å². The molecule has 2 nitrogen and oxygen atoms in total. The van der Waals surface area contributed by atoms with Gasteiger partial charge in [0.05, 0.1) is 6.21 Å². The van der Waals surface area contributed by atoms with E-state index in [4.69, 9.17) is 4.84 Å². The van der Waals surface area contributed by atoms with E-state index in [1.54, 1.807) is 6.21 Å². The highest BCUT2D eigenvalue weighted by Crippen LogP contribution is 2.40. The van der Waals surface area contributed by atoms with Gasteiger partial charge in [-0.2, -0.15) is 0 Å². The molecule has 0 bridgehead atoms. The summed E-state index contributed by atoms with van der Waals surface area (Å²) in [7, 11) is 0. The maximum Gasteiger partial charge on any atom is 0.166 e. The molecule has 1 aromatic carbocycles. The van der Waals surface area contributed by atoms with E-state index >= 15 is 0 Å². The van der Waals surface area contributed by atoms with Crippen LogP contribution in [0.4, 0.5) is 0 Å². The molecule has 0 spiro atoms. The van der Waals surface area contributed by atoms with Crippen LogP contribution in [0, 0.1) is 0 Å². The minimum Gasteiger partial charge on any atom is -0.356 e. The summed E-state index contributed by atoms with van der Waals surface area (Å²) < 4.78 is 0. The van der Waals surface area contributed by atoms with Crippen LogP contribution < -0.4 is 15.3 Å². The molecule has 1 atom stereocenters. The lowest BCUT2D eigenvalue weighted by atomic mass is 9.73. The SMILES string of the molecule is C1=CC2=CC=c3cc4c(c5c3C2C(=C1)C=C5)=CC=NO4. The fraction of sp³-hybridized carbons (Fsp3) is 0.0556. The van der Waals surface area contributed by atoms with Crippen LogP contribution in [0.3, 0.4) is 0 Å². The van der Waals surface area contributed by atoms with E-state index in [1.165, 1.54) is 27.5 Å². The van der Waals surface area contributed by atoms with Crippen molar-refractivity contribution >= 4 is 24.4 Å². The van der Waals surface area contributed by atoms with Crippen LogP contribution in [0.25, 0.3) is 18.2 Å². The van der Waals surface area contributed by atoms with E-state index in [0.29, 0.717) is 5.92 Å². The van der Waals surface area contributed by atoms with Crippen molar-refractivity contribution in [1.82, 2.24) is 0 Å². The molecule has 3 aliphatic carbocycles. The van der Waals surface area contributed by atoms with E-state index in [1.807, 2.05) is 6.08 Å². The number of hydrogen-bond donors (Lipinski definition) is 0. The Kier molecular flexibility index (Phi) is 1.78. The summed E-state index contributed by atoms with van der Waals surface area (Å²) in [5.41, 5.74) is 5.40. The number of rotatable bonds is 0. The maximum absolute atomic E-state index is 5.42. The number of benzene rings is 1. The first kappa shape index (κ1) is 10.2. The van der Waals surface area contributed by atoms with Crippen molar-refractivity contribution in [3.63, 3.8) is 0 Å². The van der Waals surface area contributed by atoms with Crippen LogP contribution in [-0.2, 0) is 0 Å². The average molecular weight is 257 g/mol. The molecule has 0 amide bonds. The molecular formula is C18H11NO. The molecule has 0 radical (unpaired) electrons. The number of hydrogen-bond acceptors (Lipinski definition) is 2. The molecule has 1 aromatic rings. The lowest BCUT2D eigenvalue weighted by Crippen LogP contribution is -2.30. The summed E-state index contributed by atoms with van der Waals surface area (Å²) in [5, 5.41) is 6.26. The molecule has 1 unspecified atom stereocenters. The molecule has 4 aliphatic rings. The predicted molar refractivity (Wildman–Crippen MR) is 80.8 cm³/mol. The first-order valence-electron chi connectivity index (χ1n) is 6.78. The van der Waals surface area contributed by atoms with Gasteiger partial charge < -0.3 is 4.84 Å². The minimum atomic E-state index is 0.373. The van der Waals surface area contributed by atoms with E-state index in [9.17, 15) is 0 Å². The molecule has 1 aliphatic heterocycles. The van der Waals surface area contributed by atoms with Gasteiger partial charge >= 0.3 is 0 Å².